The number of Topliss-reactive ketones (excluding diaryl/α,β-unsaturated/α-hetero) is 1. The van der Waals surface area contributed by atoms with E-state index in [-0.39, 0.29) is 18.3 Å². The molecule has 2 rings (SSSR count). The van der Waals surface area contributed by atoms with Crippen LogP contribution < -0.4 is 0 Å². The molecular formula is C13H18N2O4. The molecule has 1 aromatic rings. The lowest BCUT2D eigenvalue weighted by Gasteiger charge is -2.34. The molecule has 0 aliphatic carbocycles. The molecule has 0 atom stereocenters. The molecule has 1 aromatic heterocycles. The molecule has 0 N–H and O–H groups in total. The summed E-state index contributed by atoms with van der Waals surface area (Å²) in [5.74, 6) is 0.360. The van der Waals surface area contributed by atoms with E-state index in [2.05, 4.69) is 0 Å². The van der Waals surface area contributed by atoms with Crippen LogP contribution in [0.3, 0.4) is 0 Å². The third kappa shape index (κ3) is 3.65. The summed E-state index contributed by atoms with van der Waals surface area (Å²) in [6.07, 6.45) is 1.49. The van der Waals surface area contributed by atoms with Gasteiger partial charge < -0.3 is 14.1 Å². The Hall–Kier alpha value is -1.66. The number of hydrogen-bond acceptors (Lipinski definition) is 5. The molecule has 0 unspecified atom stereocenters. The first-order valence-corrected chi connectivity index (χ1v) is 6.26. The topological polar surface area (TPSA) is 63.0 Å². The van der Waals surface area contributed by atoms with Crippen LogP contribution in [0.5, 0.6) is 0 Å². The van der Waals surface area contributed by atoms with Crippen LogP contribution in [0.2, 0.25) is 0 Å². The monoisotopic (exact) mass is 266 g/mol. The Morgan fingerprint density at radius 1 is 1.32 bits per heavy atom. The van der Waals surface area contributed by atoms with Gasteiger partial charge in [-0.3, -0.25) is 14.5 Å². The molecule has 1 fully saturated rings. The van der Waals surface area contributed by atoms with E-state index in [0.717, 1.165) is 0 Å². The molecule has 6 nitrogen and oxygen atoms in total. The minimum absolute atomic E-state index is 0.000453. The van der Waals surface area contributed by atoms with E-state index in [9.17, 15) is 9.59 Å². The van der Waals surface area contributed by atoms with E-state index in [1.54, 1.807) is 17.0 Å². The molecule has 19 heavy (non-hydrogen) atoms. The highest BCUT2D eigenvalue weighted by Crippen LogP contribution is 2.06. The number of ketones is 1. The number of furan rings is 1. The van der Waals surface area contributed by atoms with E-state index in [0.29, 0.717) is 38.5 Å². The molecule has 0 spiro atoms. The van der Waals surface area contributed by atoms with Crippen LogP contribution in [-0.4, -0.2) is 67.9 Å². The number of piperazine rings is 1. The van der Waals surface area contributed by atoms with Crippen molar-refractivity contribution in [2.24, 2.45) is 0 Å². The van der Waals surface area contributed by atoms with Crippen molar-refractivity contribution in [1.29, 1.82) is 0 Å². The summed E-state index contributed by atoms with van der Waals surface area (Å²) in [6, 6.07) is 3.37. The number of methoxy groups -OCH3 is 1. The molecule has 0 aromatic carbocycles. The molecule has 1 amide bonds. The van der Waals surface area contributed by atoms with Gasteiger partial charge in [0.25, 0.3) is 0 Å². The quantitative estimate of drug-likeness (QED) is 0.715. The summed E-state index contributed by atoms with van der Waals surface area (Å²) < 4.78 is 9.90. The molecule has 6 heteroatoms. The average molecular weight is 266 g/mol. The van der Waals surface area contributed by atoms with Gasteiger partial charge in [-0.05, 0) is 12.1 Å². The second-order valence-corrected chi connectivity index (χ2v) is 4.49. The summed E-state index contributed by atoms with van der Waals surface area (Å²) in [5, 5.41) is 0. The van der Waals surface area contributed by atoms with E-state index in [1.165, 1.54) is 13.4 Å². The summed E-state index contributed by atoms with van der Waals surface area (Å²) in [4.78, 5) is 27.3. The predicted octanol–water partition coefficient (Wildman–Crippen LogP) is 0.253. The maximum Gasteiger partial charge on any atom is 0.248 e. The van der Waals surface area contributed by atoms with E-state index >= 15 is 0 Å². The van der Waals surface area contributed by atoms with Crippen molar-refractivity contribution in [2.45, 2.75) is 0 Å². The Labute approximate surface area is 111 Å². The van der Waals surface area contributed by atoms with Gasteiger partial charge >= 0.3 is 0 Å². The van der Waals surface area contributed by atoms with E-state index in [1.807, 2.05) is 4.90 Å². The molecule has 1 aliphatic rings. The van der Waals surface area contributed by atoms with Gasteiger partial charge in [0.05, 0.1) is 12.8 Å². The third-order valence-corrected chi connectivity index (χ3v) is 3.16. The first-order valence-electron chi connectivity index (χ1n) is 6.26. The van der Waals surface area contributed by atoms with Crippen LogP contribution in [0, 0.1) is 0 Å². The van der Waals surface area contributed by atoms with Crippen molar-refractivity contribution in [3.63, 3.8) is 0 Å². The zero-order chi connectivity index (χ0) is 13.7. The SMILES string of the molecule is COCC(=O)N1CCN(CC(=O)c2ccco2)CC1. The maximum absolute atomic E-state index is 11.9. The minimum atomic E-state index is -0.0262. The van der Waals surface area contributed by atoms with Gasteiger partial charge in [0.1, 0.15) is 6.61 Å². The standard InChI is InChI=1S/C13H18N2O4/c1-18-10-13(17)15-6-4-14(5-7-15)9-11(16)12-3-2-8-19-12/h2-3,8H,4-7,9-10H2,1H3. The van der Waals surface area contributed by atoms with Crippen LogP contribution in [0.4, 0.5) is 0 Å². The summed E-state index contributed by atoms with van der Waals surface area (Å²) in [6.45, 7) is 3.11. The zero-order valence-electron chi connectivity index (χ0n) is 11.0. The van der Waals surface area contributed by atoms with Crippen molar-refractivity contribution in [3.05, 3.63) is 24.2 Å². The highest BCUT2D eigenvalue weighted by atomic mass is 16.5. The molecule has 1 aliphatic heterocycles. The molecule has 1 saturated heterocycles. The van der Waals surface area contributed by atoms with Crippen LogP contribution in [0.25, 0.3) is 0 Å². The minimum Gasteiger partial charge on any atom is -0.461 e. The Morgan fingerprint density at radius 3 is 2.63 bits per heavy atom. The van der Waals surface area contributed by atoms with Gasteiger partial charge in [-0.25, -0.2) is 0 Å². The molecule has 104 valence electrons. The van der Waals surface area contributed by atoms with Crippen molar-refractivity contribution in [2.75, 3.05) is 46.4 Å². The Balaban J connectivity index is 1.77. The van der Waals surface area contributed by atoms with Crippen molar-refractivity contribution >= 4 is 11.7 Å². The average Bonchev–Trinajstić information content (AvgIpc) is 2.94. The summed E-state index contributed by atoms with van der Waals surface area (Å²) >= 11 is 0. The van der Waals surface area contributed by atoms with Gasteiger partial charge in [-0.2, -0.15) is 0 Å². The number of amides is 1. The Bertz CT molecular complexity index is 422. The van der Waals surface area contributed by atoms with Crippen LogP contribution in [-0.2, 0) is 9.53 Å². The Morgan fingerprint density at radius 2 is 2.05 bits per heavy atom. The van der Waals surface area contributed by atoms with Gasteiger partial charge in [0.15, 0.2) is 5.76 Å². The highest BCUT2D eigenvalue weighted by molar-refractivity contribution is 5.95. The maximum atomic E-state index is 11.9. The largest absolute Gasteiger partial charge is 0.461 e. The smallest absolute Gasteiger partial charge is 0.248 e. The lowest BCUT2D eigenvalue weighted by Crippen LogP contribution is -2.50. The summed E-state index contributed by atoms with van der Waals surface area (Å²) in [5.41, 5.74) is 0. The number of nitrogens with zero attached hydrogens (tertiary/aromatic N) is 2. The first-order chi connectivity index (χ1) is 9.20. The molecule has 2 heterocycles. The highest BCUT2D eigenvalue weighted by Gasteiger charge is 2.23. The molecule has 0 bridgehead atoms. The number of carbonyl (C=O) groups is 2. The number of hydrogen-bond donors (Lipinski definition) is 0. The fraction of sp³-hybridized carbons (Fsp3) is 0.538. The normalized spacial score (nSPS) is 16.6. The number of rotatable bonds is 5. The third-order valence-electron chi connectivity index (χ3n) is 3.16. The number of carbonyl (C=O) groups excluding carboxylic acids is 2. The van der Waals surface area contributed by atoms with Crippen molar-refractivity contribution < 1.29 is 18.7 Å². The van der Waals surface area contributed by atoms with Crippen LogP contribution >= 0.6 is 0 Å². The van der Waals surface area contributed by atoms with Crippen molar-refractivity contribution in [3.8, 4) is 0 Å². The van der Waals surface area contributed by atoms with Gasteiger partial charge in [0.2, 0.25) is 11.7 Å². The molecular weight excluding hydrogens is 248 g/mol. The lowest BCUT2D eigenvalue weighted by molar-refractivity contribution is -0.136. The van der Waals surface area contributed by atoms with Gasteiger partial charge in [-0.15, -0.1) is 0 Å². The fourth-order valence-electron chi connectivity index (χ4n) is 2.09. The second kappa shape index (κ2) is 6.49. The van der Waals surface area contributed by atoms with Gasteiger partial charge in [-0.1, -0.05) is 0 Å². The van der Waals surface area contributed by atoms with Crippen LogP contribution in [0.15, 0.2) is 22.8 Å². The number of ether oxygens (including phenoxy) is 1. The zero-order valence-corrected chi connectivity index (χ0v) is 11.0. The second-order valence-electron chi connectivity index (χ2n) is 4.49. The van der Waals surface area contributed by atoms with E-state index < -0.39 is 0 Å². The molecule has 0 saturated carbocycles. The lowest BCUT2D eigenvalue weighted by atomic mass is 10.2. The predicted molar refractivity (Wildman–Crippen MR) is 67.9 cm³/mol. The van der Waals surface area contributed by atoms with Gasteiger partial charge in [0, 0.05) is 33.3 Å². The Kier molecular flexibility index (Phi) is 4.70. The molecule has 0 radical (unpaired) electrons. The fourth-order valence-corrected chi connectivity index (χ4v) is 2.09. The first kappa shape index (κ1) is 13.8. The van der Waals surface area contributed by atoms with Crippen LogP contribution in [0.1, 0.15) is 10.6 Å². The van der Waals surface area contributed by atoms with E-state index in [4.69, 9.17) is 9.15 Å². The van der Waals surface area contributed by atoms with Crippen molar-refractivity contribution in [1.82, 2.24) is 9.80 Å². The summed E-state index contributed by atoms with van der Waals surface area (Å²) in [7, 11) is 1.51.